The van der Waals surface area contributed by atoms with E-state index in [1.807, 2.05) is 29.8 Å². The monoisotopic (exact) mass is 214 g/mol. The fourth-order valence-electron chi connectivity index (χ4n) is 1.88. The van der Waals surface area contributed by atoms with Gasteiger partial charge in [-0.05, 0) is 6.07 Å². The van der Waals surface area contributed by atoms with Gasteiger partial charge in [0, 0.05) is 12.6 Å². The highest BCUT2D eigenvalue weighted by Crippen LogP contribution is 2.31. The third kappa shape index (κ3) is 1.11. The summed E-state index contributed by atoms with van der Waals surface area (Å²) >= 11 is 0. The Balaban J connectivity index is 2.39. The second-order valence-electron chi connectivity index (χ2n) is 3.63. The van der Waals surface area contributed by atoms with Crippen molar-refractivity contribution >= 4 is 16.9 Å². The van der Waals surface area contributed by atoms with E-state index in [1.165, 1.54) is 0 Å². The minimum absolute atomic E-state index is 0.328. The molecule has 0 spiro atoms. The average Bonchev–Trinajstić information content (AvgIpc) is 2.86. The molecule has 0 radical (unpaired) electrons. The Labute approximate surface area is 91.5 Å². The van der Waals surface area contributed by atoms with Crippen molar-refractivity contribution in [2.24, 2.45) is 7.05 Å². The van der Waals surface area contributed by atoms with Gasteiger partial charge in [0.2, 0.25) is 5.88 Å². The van der Waals surface area contributed by atoms with Crippen molar-refractivity contribution in [2.75, 3.05) is 5.73 Å². The molecule has 0 saturated heterocycles. The number of hydrogen-bond donors (Lipinski definition) is 1. The van der Waals surface area contributed by atoms with E-state index in [2.05, 4.69) is 10.1 Å². The number of hydrogen-bond acceptors (Lipinski definition) is 4. The maximum atomic E-state index is 5.72. The summed E-state index contributed by atoms with van der Waals surface area (Å²) in [5.74, 6) is 0.328. The van der Waals surface area contributed by atoms with Crippen molar-refractivity contribution < 1.29 is 4.52 Å². The SMILES string of the molecule is Cn1cnc2cccc(-c3cnoc3N)c21. The minimum Gasteiger partial charge on any atom is -0.367 e. The molecule has 3 aromatic rings. The first-order valence-corrected chi connectivity index (χ1v) is 4.88. The third-order valence-corrected chi connectivity index (χ3v) is 2.63. The summed E-state index contributed by atoms with van der Waals surface area (Å²) < 4.78 is 6.84. The van der Waals surface area contributed by atoms with Crippen LogP contribution in [0.5, 0.6) is 0 Å². The van der Waals surface area contributed by atoms with Crippen LogP contribution >= 0.6 is 0 Å². The van der Waals surface area contributed by atoms with Gasteiger partial charge in [0.1, 0.15) is 0 Å². The minimum atomic E-state index is 0.328. The highest BCUT2D eigenvalue weighted by Gasteiger charge is 2.12. The number of aromatic nitrogens is 3. The number of rotatable bonds is 1. The molecule has 2 aromatic heterocycles. The molecule has 3 rings (SSSR count). The normalized spacial score (nSPS) is 11.1. The molecule has 0 unspecified atom stereocenters. The summed E-state index contributed by atoms with van der Waals surface area (Å²) in [5, 5.41) is 3.69. The van der Waals surface area contributed by atoms with Gasteiger partial charge in [0.05, 0.1) is 29.1 Å². The molecule has 0 aliphatic rings. The third-order valence-electron chi connectivity index (χ3n) is 2.63. The van der Waals surface area contributed by atoms with Crippen molar-refractivity contribution in [3.8, 4) is 11.1 Å². The van der Waals surface area contributed by atoms with Gasteiger partial charge in [-0.25, -0.2) is 4.98 Å². The number of fused-ring (bicyclic) bond motifs is 1. The van der Waals surface area contributed by atoms with E-state index >= 15 is 0 Å². The number of nitrogens with zero attached hydrogens (tertiary/aromatic N) is 3. The number of imidazole rings is 1. The predicted molar refractivity (Wildman–Crippen MR) is 60.6 cm³/mol. The molecule has 1 aromatic carbocycles. The van der Waals surface area contributed by atoms with Crippen LogP contribution in [-0.4, -0.2) is 14.7 Å². The molecule has 0 aliphatic heterocycles. The van der Waals surface area contributed by atoms with Crippen LogP contribution in [0.4, 0.5) is 5.88 Å². The van der Waals surface area contributed by atoms with Crippen molar-refractivity contribution in [3.05, 3.63) is 30.7 Å². The van der Waals surface area contributed by atoms with Gasteiger partial charge in [-0.2, -0.15) is 0 Å². The molecule has 2 heterocycles. The zero-order valence-electron chi connectivity index (χ0n) is 8.71. The number of nitrogens with two attached hydrogens (primary N) is 1. The van der Waals surface area contributed by atoms with Crippen molar-refractivity contribution in [1.29, 1.82) is 0 Å². The topological polar surface area (TPSA) is 69.9 Å². The van der Waals surface area contributed by atoms with Crippen molar-refractivity contribution in [2.45, 2.75) is 0 Å². The zero-order valence-corrected chi connectivity index (χ0v) is 8.71. The zero-order chi connectivity index (χ0) is 11.1. The molecule has 5 heteroatoms. The van der Waals surface area contributed by atoms with Crippen LogP contribution < -0.4 is 5.73 Å². The lowest BCUT2D eigenvalue weighted by Gasteiger charge is -2.02. The van der Waals surface area contributed by atoms with Crippen LogP contribution in [0.2, 0.25) is 0 Å². The Bertz CT molecular complexity index is 653. The van der Waals surface area contributed by atoms with E-state index in [9.17, 15) is 0 Å². The second kappa shape index (κ2) is 3.10. The molecule has 16 heavy (non-hydrogen) atoms. The van der Waals surface area contributed by atoms with Crippen molar-refractivity contribution in [1.82, 2.24) is 14.7 Å². The summed E-state index contributed by atoms with van der Waals surface area (Å²) in [4.78, 5) is 4.29. The number of nitrogen functional groups attached to an aromatic ring is 1. The van der Waals surface area contributed by atoms with Gasteiger partial charge in [0.15, 0.2) is 0 Å². The highest BCUT2D eigenvalue weighted by atomic mass is 16.5. The Hall–Kier alpha value is -2.30. The molecule has 0 saturated carbocycles. The summed E-state index contributed by atoms with van der Waals surface area (Å²) in [6, 6.07) is 5.88. The summed E-state index contributed by atoms with van der Waals surface area (Å²) in [6.07, 6.45) is 3.40. The number of anilines is 1. The Morgan fingerprint density at radius 2 is 2.19 bits per heavy atom. The van der Waals surface area contributed by atoms with E-state index < -0.39 is 0 Å². The smallest absolute Gasteiger partial charge is 0.230 e. The first-order valence-electron chi connectivity index (χ1n) is 4.88. The van der Waals surface area contributed by atoms with E-state index in [0.717, 1.165) is 22.2 Å². The standard InChI is InChI=1S/C11H10N4O/c1-15-6-13-9-4-2-3-7(10(9)15)8-5-14-16-11(8)12/h2-6H,12H2,1H3. The molecule has 2 N–H and O–H groups in total. The van der Waals surface area contributed by atoms with Gasteiger partial charge in [-0.1, -0.05) is 17.3 Å². The van der Waals surface area contributed by atoms with Crippen molar-refractivity contribution in [3.63, 3.8) is 0 Å². The molecule has 0 fully saturated rings. The maximum Gasteiger partial charge on any atom is 0.230 e. The fraction of sp³-hybridized carbons (Fsp3) is 0.0909. The second-order valence-corrected chi connectivity index (χ2v) is 3.63. The molecule has 80 valence electrons. The van der Waals surface area contributed by atoms with Gasteiger partial charge in [-0.15, -0.1) is 0 Å². The van der Waals surface area contributed by atoms with Gasteiger partial charge in [-0.3, -0.25) is 0 Å². The van der Waals surface area contributed by atoms with Gasteiger partial charge < -0.3 is 14.8 Å². The van der Waals surface area contributed by atoms with Crippen LogP contribution in [0.15, 0.2) is 35.2 Å². The van der Waals surface area contributed by atoms with Crippen LogP contribution in [0, 0.1) is 0 Å². The summed E-state index contributed by atoms with van der Waals surface area (Å²) in [6.45, 7) is 0. The lowest BCUT2D eigenvalue weighted by molar-refractivity contribution is 0.436. The first kappa shape index (κ1) is 8.96. The number of benzene rings is 1. The van der Waals surface area contributed by atoms with E-state index in [1.54, 1.807) is 12.5 Å². The van der Waals surface area contributed by atoms with E-state index in [-0.39, 0.29) is 0 Å². The Morgan fingerprint density at radius 1 is 1.31 bits per heavy atom. The number of para-hydroxylation sites is 1. The van der Waals surface area contributed by atoms with Crippen LogP contribution in [-0.2, 0) is 7.05 Å². The molecule has 5 nitrogen and oxygen atoms in total. The van der Waals surface area contributed by atoms with Gasteiger partial charge >= 0.3 is 0 Å². The van der Waals surface area contributed by atoms with Crippen LogP contribution in [0.1, 0.15) is 0 Å². The van der Waals surface area contributed by atoms with Crippen LogP contribution in [0.25, 0.3) is 22.2 Å². The maximum absolute atomic E-state index is 5.72. The molecule has 0 amide bonds. The molecular weight excluding hydrogens is 204 g/mol. The Morgan fingerprint density at radius 3 is 2.94 bits per heavy atom. The highest BCUT2D eigenvalue weighted by molar-refractivity contribution is 5.94. The number of aryl methyl sites for hydroxylation is 1. The van der Waals surface area contributed by atoms with Gasteiger partial charge in [0.25, 0.3) is 0 Å². The average molecular weight is 214 g/mol. The lowest BCUT2D eigenvalue weighted by Crippen LogP contribution is -1.90. The first-order chi connectivity index (χ1) is 7.77. The van der Waals surface area contributed by atoms with E-state index in [4.69, 9.17) is 10.3 Å². The Kier molecular flexibility index (Phi) is 1.73. The summed E-state index contributed by atoms with van der Waals surface area (Å²) in [5.41, 5.74) is 9.46. The van der Waals surface area contributed by atoms with Crippen LogP contribution in [0.3, 0.4) is 0 Å². The molecular formula is C11H10N4O. The van der Waals surface area contributed by atoms with E-state index in [0.29, 0.717) is 5.88 Å². The summed E-state index contributed by atoms with van der Waals surface area (Å²) in [7, 11) is 1.95. The molecule has 0 bridgehead atoms. The molecule has 0 atom stereocenters. The quantitative estimate of drug-likeness (QED) is 0.670. The fourth-order valence-corrected chi connectivity index (χ4v) is 1.88. The largest absolute Gasteiger partial charge is 0.367 e. The predicted octanol–water partition coefficient (Wildman–Crippen LogP) is 1.81. The molecule has 0 aliphatic carbocycles. The lowest BCUT2D eigenvalue weighted by atomic mass is 10.1.